The van der Waals surface area contributed by atoms with Crippen molar-refractivity contribution >= 4 is 33.2 Å². The Labute approximate surface area is 142 Å². The molecular weight excluding hydrogens is 391 g/mol. The number of benzene rings is 2. The van der Waals surface area contributed by atoms with Gasteiger partial charge in [-0.15, -0.1) is 0 Å². The quantitative estimate of drug-likeness (QED) is 0.641. The first-order chi connectivity index (χ1) is 11.2. The highest BCUT2D eigenvalue weighted by atomic mass is 79.9. The number of rotatable bonds is 2. The summed E-state index contributed by atoms with van der Waals surface area (Å²) in [5.41, 5.74) is -0.550. The first-order valence-electron chi connectivity index (χ1n) is 6.75. The average Bonchev–Trinajstić information content (AvgIpc) is 2.50. The minimum absolute atomic E-state index is 0.0588. The molecule has 0 bridgehead atoms. The molecule has 3 rings (SSSR count). The van der Waals surface area contributed by atoms with Gasteiger partial charge in [-0.1, -0.05) is 24.3 Å². The molecule has 124 valence electrons. The fourth-order valence-electron chi connectivity index (χ4n) is 2.60. The van der Waals surface area contributed by atoms with E-state index in [2.05, 4.69) is 21.2 Å². The van der Waals surface area contributed by atoms with E-state index in [4.69, 9.17) is 0 Å². The summed E-state index contributed by atoms with van der Waals surface area (Å²) in [6.07, 6.45) is -4.51. The number of hydrogen-bond donors (Lipinski definition) is 2. The third kappa shape index (κ3) is 2.66. The van der Waals surface area contributed by atoms with Crippen LogP contribution in [0.4, 0.5) is 18.9 Å². The van der Waals surface area contributed by atoms with Crippen LogP contribution in [0, 0.1) is 0 Å². The molecule has 8 heteroatoms. The molecule has 0 unspecified atom stereocenters. The number of carbonyl (C=O) groups is 2. The second-order valence-electron chi connectivity index (χ2n) is 5.18. The lowest BCUT2D eigenvalue weighted by atomic mass is 9.82. The van der Waals surface area contributed by atoms with Crippen LogP contribution in [0.15, 0.2) is 34.8 Å². The molecule has 4 nitrogen and oxygen atoms in total. The Morgan fingerprint density at radius 1 is 1.04 bits per heavy atom. The molecule has 0 spiro atoms. The molecule has 1 aliphatic rings. The van der Waals surface area contributed by atoms with Crippen molar-refractivity contribution in [3.63, 3.8) is 0 Å². The number of nitrogens with one attached hydrogen (secondary N) is 1. The molecule has 0 aromatic heterocycles. The Morgan fingerprint density at radius 3 is 2.12 bits per heavy atom. The van der Waals surface area contributed by atoms with Crippen LogP contribution in [0.5, 0.6) is 5.75 Å². The Morgan fingerprint density at radius 2 is 1.58 bits per heavy atom. The highest BCUT2D eigenvalue weighted by Gasteiger charge is 2.36. The lowest BCUT2D eigenvalue weighted by Crippen LogP contribution is -2.26. The van der Waals surface area contributed by atoms with Gasteiger partial charge in [0.1, 0.15) is 12.3 Å². The van der Waals surface area contributed by atoms with Gasteiger partial charge in [0.05, 0.1) is 16.8 Å². The van der Waals surface area contributed by atoms with Crippen molar-refractivity contribution in [2.75, 3.05) is 11.9 Å². The summed E-state index contributed by atoms with van der Waals surface area (Å²) in [5.74, 6) is -1.70. The van der Waals surface area contributed by atoms with Gasteiger partial charge in [-0.25, -0.2) is 0 Å². The number of phenolic OH excluding ortho intramolecular Hbond substituents is 1. The van der Waals surface area contributed by atoms with Crippen LogP contribution in [-0.4, -0.2) is 29.4 Å². The van der Waals surface area contributed by atoms with Gasteiger partial charge >= 0.3 is 6.18 Å². The second kappa shape index (κ2) is 5.62. The molecule has 0 saturated heterocycles. The van der Waals surface area contributed by atoms with Crippen LogP contribution < -0.4 is 5.32 Å². The van der Waals surface area contributed by atoms with Crippen molar-refractivity contribution in [3.8, 4) is 5.75 Å². The monoisotopic (exact) mass is 399 g/mol. The van der Waals surface area contributed by atoms with Crippen LogP contribution in [-0.2, 0) is 0 Å². The molecule has 0 fully saturated rings. The van der Waals surface area contributed by atoms with Gasteiger partial charge in [-0.2, -0.15) is 13.2 Å². The van der Waals surface area contributed by atoms with Crippen molar-refractivity contribution in [1.82, 2.24) is 0 Å². The smallest absolute Gasteiger partial charge is 0.405 e. The number of carbonyl (C=O) groups excluding carboxylic acids is 2. The van der Waals surface area contributed by atoms with Crippen molar-refractivity contribution in [2.24, 2.45) is 0 Å². The van der Waals surface area contributed by atoms with E-state index < -0.39 is 30.0 Å². The van der Waals surface area contributed by atoms with Gasteiger partial charge < -0.3 is 10.4 Å². The first kappa shape index (κ1) is 16.5. The van der Waals surface area contributed by atoms with E-state index in [-0.39, 0.29) is 32.4 Å². The molecule has 1 aliphatic carbocycles. The molecule has 0 atom stereocenters. The summed E-state index contributed by atoms with van der Waals surface area (Å²) in [6.45, 7) is -1.38. The second-order valence-corrected chi connectivity index (χ2v) is 6.03. The number of anilines is 1. The highest BCUT2D eigenvalue weighted by Crippen LogP contribution is 2.41. The SMILES string of the molecule is O=C1c2ccccc2C(=O)c2c(NCC(F)(F)F)c(Br)cc(O)c21. The maximum absolute atomic E-state index is 12.7. The lowest BCUT2D eigenvalue weighted by molar-refractivity contribution is -0.115. The van der Waals surface area contributed by atoms with Gasteiger partial charge in [0.2, 0.25) is 0 Å². The molecule has 2 aromatic rings. The summed E-state index contributed by atoms with van der Waals surface area (Å²) in [6, 6.07) is 7.06. The van der Waals surface area contributed by atoms with Gasteiger partial charge in [-0.05, 0) is 22.0 Å². The number of aromatic hydroxyl groups is 1. The molecule has 2 N–H and O–H groups in total. The fraction of sp³-hybridized carbons (Fsp3) is 0.125. The summed E-state index contributed by atoms with van der Waals surface area (Å²) in [5, 5.41) is 12.2. The summed E-state index contributed by atoms with van der Waals surface area (Å²) in [7, 11) is 0. The van der Waals surface area contributed by atoms with Crippen molar-refractivity contribution < 1.29 is 27.9 Å². The van der Waals surface area contributed by atoms with E-state index in [1.165, 1.54) is 12.1 Å². The number of halogens is 4. The molecule has 2 aromatic carbocycles. The topological polar surface area (TPSA) is 66.4 Å². The van der Waals surface area contributed by atoms with Crippen molar-refractivity contribution in [2.45, 2.75) is 6.18 Å². The maximum atomic E-state index is 12.7. The zero-order chi connectivity index (χ0) is 17.6. The van der Waals surface area contributed by atoms with E-state index in [0.717, 1.165) is 6.07 Å². The van der Waals surface area contributed by atoms with Crippen LogP contribution in [0.1, 0.15) is 31.8 Å². The van der Waals surface area contributed by atoms with Gasteiger partial charge in [0.25, 0.3) is 0 Å². The molecule has 0 heterocycles. The predicted molar refractivity (Wildman–Crippen MR) is 83.7 cm³/mol. The van der Waals surface area contributed by atoms with E-state index in [1.807, 2.05) is 0 Å². The summed E-state index contributed by atoms with van der Waals surface area (Å²) < 4.78 is 37.6. The minimum Gasteiger partial charge on any atom is -0.507 e. The number of phenols is 1. The van der Waals surface area contributed by atoms with Crippen molar-refractivity contribution in [1.29, 1.82) is 0 Å². The van der Waals surface area contributed by atoms with E-state index in [0.29, 0.717) is 0 Å². The lowest BCUT2D eigenvalue weighted by Gasteiger charge is -2.23. The predicted octanol–water partition coefficient (Wildman–Crippen LogP) is 3.90. The Bertz CT molecular complexity index is 878. The minimum atomic E-state index is -4.51. The number of alkyl halides is 3. The standard InChI is InChI=1S/C16H9BrF3NO3/c17-9-5-10(22)11-12(13(9)21-6-16(18,19)20)15(24)8-4-2-1-3-7(8)14(11)23/h1-5,21-22H,6H2. The van der Waals surface area contributed by atoms with Crippen LogP contribution in [0.25, 0.3) is 0 Å². The third-order valence-corrected chi connectivity index (χ3v) is 4.22. The Hall–Kier alpha value is -2.35. The molecular formula is C16H9BrF3NO3. The molecule has 0 saturated carbocycles. The molecule has 0 radical (unpaired) electrons. The maximum Gasteiger partial charge on any atom is 0.405 e. The number of hydrogen-bond acceptors (Lipinski definition) is 4. The Balaban J connectivity index is 2.22. The molecule has 0 amide bonds. The third-order valence-electron chi connectivity index (χ3n) is 3.59. The summed E-state index contributed by atoms with van der Waals surface area (Å²) in [4.78, 5) is 25.3. The highest BCUT2D eigenvalue weighted by molar-refractivity contribution is 9.10. The zero-order valence-corrected chi connectivity index (χ0v) is 13.5. The normalized spacial score (nSPS) is 13.5. The van der Waals surface area contributed by atoms with Gasteiger partial charge in [0, 0.05) is 15.6 Å². The molecule has 24 heavy (non-hydrogen) atoms. The summed E-state index contributed by atoms with van der Waals surface area (Å²) >= 11 is 3.03. The van der Waals surface area contributed by atoms with Crippen LogP contribution in [0.2, 0.25) is 0 Å². The Kier molecular flexibility index (Phi) is 3.87. The fourth-order valence-corrected chi connectivity index (χ4v) is 3.16. The van der Waals surface area contributed by atoms with Gasteiger partial charge in [0.15, 0.2) is 11.6 Å². The average molecular weight is 400 g/mol. The van der Waals surface area contributed by atoms with E-state index in [9.17, 15) is 27.9 Å². The van der Waals surface area contributed by atoms with Crippen molar-refractivity contribution in [3.05, 3.63) is 57.1 Å². The zero-order valence-electron chi connectivity index (χ0n) is 11.9. The first-order valence-corrected chi connectivity index (χ1v) is 7.54. The largest absolute Gasteiger partial charge is 0.507 e. The van der Waals surface area contributed by atoms with E-state index in [1.54, 1.807) is 12.1 Å². The van der Waals surface area contributed by atoms with E-state index >= 15 is 0 Å². The van der Waals surface area contributed by atoms with Gasteiger partial charge in [-0.3, -0.25) is 9.59 Å². The van der Waals surface area contributed by atoms with Crippen LogP contribution >= 0.6 is 15.9 Å². The molecule has 0 aliphatic heterocycles. The van der Waals surface area contributed by atoms with Crippen LogP contribution in [0.3, 0.4) is 0 Å². The number of fused-ring (bicyclic) bond motifs is 2. The number of ketones is 2.